The molecular formula is C23H30N8O. The Labute approximate surface area is 187 Å². The lowest BCUT2D eigenvalue weighted by atomic mass is 9.94. The van der Waals surface area contributed by atoms with E-state index >= 15 is 0 Å². The lowest BCUT2D eigenvalue weighted by molar-refractivity contribution is 0.0874. The van der Waals surface area contributed by atoms with E-state index < -0.39 is 0 Å². The van der Waals surface area contributed by atoms with Crippen molar-refractivity contribution in [1.82, 2.24) is 20.2 Å². The summed E-state index contributed by atoms with van der Waals surface area (Å²) in [7, 11) is 0. The predicted molar refractivity (Wildman–Crippen MR) is 128 cm³/mol. The van der Waals surface area contributed by atoms with Gasteiger partial charge in [-0.25, -0.2) is 4.98 Å². The van der Waals surface area contributed by atoms with Crippen molar-refractivity contribution in [3.63, 3.8) is 0 Å². The molecule has 1 aliphatic carbocycles. The first kappa shape index (κ1) is 20.6. The molecule has 3 aliphatic rings. The number of rotatable bonds is 4. The van der Waals surface area contributed by atoms with Crippen LogP contribution in [0.3, 0.4) is 0 Å². The lowest BCUT2D eigenvalue weighted by Gasteiger charge is -2.37. The number of guanidine groups is 1. The fourth-order valence-electron chi connectivity index (χ4n) is 5.12. The van der Waals surface area contributed by atoms with Gasteiger partial charge in [0, 0.05) is 38.3 Å². The second-order valence-electron chi connectivity index (χ2n) is 8.72. The van der Waals surface area contributed by atoms with Crippen LogP contribution in [-0.4, -0.2) is 54.1 Å². The topological polar surface area (TPSA) is 113 Å². The van der Waals surface area contributed by atoms with Gasteiger partial charge in [0.25, 0.3) is 5.91 Å². The van der Waals surface area contributed by atoms with Crippen molar-refractivity contribution in [2.75, 3.05) is 42.9 Å². The molecule has 5 N–H and O–H groups in total. The number of pyridine rings is 1. The van der Waals surface area contributed by atoms with Crippen molar-refractivity contribution in [2.45, 2.75) is 31.2 Å². The first-order valence-electron chi connectivity index (χ1n) is 11.3. The van der Waals surface area contributed by atoms with Gasteiger partial charge in [-0.3, -0.25) is 4.79 Å². The molecule has 2 aromatic rings. The summed E-state index contributed by atoms with van der Waals surface area (Å²) in [6, 6.07) is 5.81. The minimum absolute atomic E-state index is 0.0798. The molecule has 0 unspecified atom stereocenters. The molecule has 1 saturated carbocycles. The Kier molecular flexibility index (Phi) is 5.34. The lowest BCUT2D eigenvalue weighted by Crippen LogP contribution is -2.50. The molecule has 4 heterocycles. The van der Waals surface area contributed by atoms with E-state index in [1.807, 2.05) is 24.4 Å². The van der Waals surface area contributed by atoms with Crippen LogP contribution in [0.1, 0.15) is 41.7 Å². The summed E-state index contributed by atoms with van der Waals surface area (Å²) < 4.78 is 2.09. The maximum atomic E-state index is 12.6. The third kappa shape index (κ3) is 3.62. The van der Waals surface area contributed by atoms with Crippen molar-refractivity contribution in [2.24, 2.45) is 10.7 Å². The summed E-state index contributed by atoms with van der Waals surface area (Å²) in [6.45, 7) is 8.44. The Balaban J connectivity index is 1.42. The zero-order chi connectivity index (χ0) is 22.1. The van der Waals surface area contributed by atoms with Crippen LogP contribution in [0.25, 0.3) is 6.08 Å². The second-order valence-corrected chi connectivity index (χ2v) is 8.72. The summed E-state index contributed by atoms with van der Waals surface area (Å²) in [4.78, 5) is 24.1. The predicted octanol–water partition coefficient (Wildman–Crippen LogP) is 2.01. The number of nitrogens with zero attached hydrogens (tertiary/aromatic N) is 4. The summed E-state index contributed by atoms with van der Waals surface area (Å²) in [5.74, 6) is 1.46. The average molecular weight is 435 g/mol. The van der Waals surface area contributed by atoms with Crippen LogP contribution in [0.5, 0.6) is 0 Å². The van der Waals surface area contributed by atoms with E-state index in [9.17, 15) is 4.79 Å². The molecule has 0 bridgehead atoms. The number of fused-ring (bicyclic) bond motifs is 2. The van der Waals surface area contributed by atoms with Crippen molar-refractivity contribution in [3.8, 4) is 0 Å². The molecule has 0 radical (unpaired) electrons. The van der Waals surface area contributed by atoms with Gasteiger partial charge in [-0.05, 0) is 31.0 Å². The molecule has 168 valence electrons. The molecule has 32 heavy (non-hydrogen) atoms. The van der Waals surface area contributed by atoms with E-state index in [1.165, 1.54) is 0 Å². The molecule has 9 nitrogen and oxygen atoms in total. The smallest absolute Gasteiger partial charge is 0.268 e. The van der Waals surface area contributed by atoms with Crippen LogP contribution in [0.2, 0.25) is 0 Å². The number of nitrogens with two attached hydrogens (primary N) is 1. The number of aromatic nitrogens is 2. The normalized spacial score (nSPS) is 20.2. The molecule has 2 aromatic heterocycles. The standard InChI is InChI=1S/C23H30N8O/c1-2-16-13-18-21(32)27-15-23(7-3-4-8-23)31(18)20(16)29-22(24)28-19-6-5-17(14-26-19)30-11-9-25-10-12-30/h2,5-6,13-14,25H,1,3-4,7-12,15H2,(H,27,32)(H3,24,26,28,29). The molecule has 5 rings (SSSR count). The monoisotopic (exact) mass is 434 g/mol. The summed E-state index contributed by atoms with van der Waals surface area (Å²) in [6.07, 6.45) is 7.88. The summed E-state index contributed by atoms with van der Waals surface area (Å²) in [5, 5.41) is 9.50. The Morgan fingerprint density at radius 2 is 2.06 bits per heavy atom. The van der Waals surface area contributed by atoms with E-state index in [4.69, 9.17) is 10.7 Å². The molecule has 0 atom stereocenters. The fraction of sp³-hybridized carbons (Fsp3) is 0.435. The number of carbonyl (C=O) groups excluding carboxylic acids is 1. The molecule has 2 fully saturated rings. The fourth-order valence-corrected chi connectivity index (χ4v) is 5.12. The highest BCUT2D eigenvalue weighted by molar-refractivity contribution is 5.98. The van der Waals surface area contributed by atoms with Crippen molar-refractivity contribution < 1.29 is 4.79 Å². The van der Waals surface area contributed by atoms with Gasteiger partial charge in [0.1, 0.15) is 17.3 Å². The van der Waals surface area contributed by atoms with Crippen molar-refractivity contribution in [1.29, 1.82) is 0 Å². The zero-order valence-corrected chi connectivity index (χ0v) is 18.2. The number of hydrogen-bond donors (Lipinski definition) is 4. The van der Waals surface area contributed by atoms with Crippen LogP contribution in [0.4, 0.5) is 17.3 Å². The number of hydrogen-bond acceptors (Lipinski definition) is 5. The Morgan fingerprint density at radius 1 is 1.28 bits per heavy atom. The van der Waals surface area contributed by atoms with Crippen LogP contribution in [0.15, 0.2) is 36.0 Å². The zero-order valence-electron chi connectivity index (χ0n) is 18.2. The molecule has 0 aromatic carbocycles. The van der Waals surface area contributed by atoms with E-state index in [0.29, 0.717) is 23.9 Å². The number of piperazine rings is 1. The Bertz CT molecular complexity index is 1040. The largest absolute Gasteiger partial charge is 0.369 e. The van der Waals surface area contributed by atoms with Gasteiger partial charge in [0.05, 0.1) is 17.4 Å². The highest BCUT2D eigenvalue weighted by Crippen LogP contribution is 2.44. The minimum Gasteiger partial charge on any atom is -0.369 e. The van der Waals surface area contributed by atoms with Gasteiger partial charge in [-0.1, -0.05) is 25.5 Å². The Morgan fingerprint density at radius 3 is 2.75 bits per heavy atom. The van der Waals surface area contributed by atoms with Gasteiger partial charge < -0.3 is 31.2 Å². The van der Waals surface area contributed by atoms with E-state index in [2.05, 4.69) is 37.0 Å². The molecule has 2 aliphatic heterocycles. The number of amides is 1. The van der Waals surface area contributed by atoms with Crippen LogP contribution in [0, 0.1) is 0 Å². The first-order valence-corrected chi connectivity index (χ1v) is 11.3. The second kappa shape index (κ2) is 8.31. The van der Waals surface area contributed by atoms with Gasteiger partial charge in [0.15, 0.2) is 0 Å². The number of nitrogens with one attached hydrogen (secondary N) is 3. The first-order chi connectivity index (χ1) is 15.6. The van der Waals surface area contributed by atoms with Gasteiger partial charge in [-0.2, -0.15) is 4.99 Å². The third-order valence-corrected chi connectivity index (χ3v) is 6.75. The van der Waals surface area contributed by atoms with Crippen LogP contribution < -0.4 is 26.6 Å². The van der Waals surface area contributed by atoms with Gasteiger partial charge in [-0.15, -0.1) is 0 Å². The van der Waals surface area contributed by atoms with Crippen LogP contribution in [-0.2, 0) is 5.54 Å². The maximum absolute atomic E-state index is 12.6. The molecule has 9 heteroatoms. The molecular weight excluding hydrogens is 404 g/mol. The number of anilines is 2. The maximum Gasteiger partial charge on any atom is 0.268 e. The minimum atomic E-state index is -0.146. The number of aliphatic imine (C=N–C) groups is 1. The van der Waals surface area contributed by atoms with E-state index in [1.54, 1.807) is 6.08 Å². The van der Waals surface area contributed by atoms with E-state index in [-0.39, 0.29) is 17.4 Å². The SMILES string of the molecule is C=Cc1cc2n(c1/N=C(\N)Nc1ccc(N3CCNCC3)cn1)C1(CCCC1)CNC2=O. The van der Waals surface area contributed by atoms with Crippen molar-refractivity contribution >= 4 is 35.3 Å². The van der Waals surface area contributed by atoms with Crippen molar-refractivity contribution in [3.05, 3.63) is 42.2 Å². The average Bonchev–Trinajstić information content (AvgIpc) is 3.43. The Hall–Kier alpha value is -3.33. The third-order valence-electron chi connectivity index (χ3n) is 6.75. The highest BCUT2D eigenvalue weighted by Gasteiger charge is 2.43. The number of carbonyl (C=O) groups is 1. The molecule has 1 saturated heterocycles. The summed E-state index contributed by atoms with van der Waals surface area (Å²) >= 11 is 0. The molecule has 1 spiro atoms. The van der Waals surface area contributed by atoms with Gasteiger partial charge >= 0.3 is 0 Å². The van der Waals surface area contributed by atoms with Crippen LogP contribution >= 0.6 is 0 Å². The van der Waals surface area contributed by atoms with E-state index in [0.717, 1.165) is 63.1 Å². The molecule has 1 amide bonds. The summed E-state index contributed by atoms with van der Waals surface area (Å²) in [5.41, 5.74) is 8.66. The highest BCUT2D eigenvalue weighted by atomic mass is 16.2. The van der Waals surface area contributed by atoms with Gasteiger partial charge in [0.2, 0.25) is 5.96 Å². The quantitative estimate of drug-likeness (QED) is 0.433.